The number of nitrogens with one attached hydrogen (secondary N) is 1. The number of carbonyl (C=O) groups excluding carboxylic acids is 3. The molecule has 9 heteroatoms. The van der Waals surface area contributed by atoms with Crippen LogP contribution in [0.25, 0.3) is 0 Å². The van der Waals surface area contributed by atoms with E-state index in [9.17, 15) is 23.2 Å². The van der Waals surface area contributed by atoms with Crippen molar-refractivity contribution in [2.45, 2.75) is 58.3 Å². The number of hydrogen-bond acceptors (Lipinski definition) is 4. The van der Waals surface area contributed by atoms with Crippen LogP contribution in [0.1, 0.15) is 68.3 Å². The quantitative estimate of drug-likeness (QED) is 0.279. The van der Waals surface area contributed by atoms with Crippen LogP contribution in [0, 0.1) is 11.8 Å². The highest BCUT2D eigenvalue weighted by Gasteiger charge is 2.32. The normalized spacial score (nSPS) is 15.9. The van der Waals surface area contributed by atoms with Gasteiger partial charge < -0.3 is 15.8 Å². The van der Waals surface area contributed by atoms with Crippen molar-refractivity contribution in [1.29, 1.82) is 0 Å². The first-order valence-electron chi connectivity index (χ1n) is 11.4. The fourth-order valence-electron chi connectivity index (χ4n) is 3.69. The van der Waals surface area contributed by atoms with Crippen molar-refractivity contribution in [2.75, 3.05) is 19.8 Å². The Morgan fingerprint density at radius 2 is 1.79 bits per heavy atom. The molecule has 0 bridgehead atoms. The first-order chi connectivity index (χ1) is 15.6. The largest absolute Gasteiger partial charge is 0.383 e. The van der Waals surface area contributed by atoms with Gasteiger partial charge in [0.1, 0.15) is 11.6 Å². The zero-order valence-electron chi connectivity index (χ0n) is 19.2. The number of Topliss-reactive ketones (excluding diaryl/α,β-unsaturated/α-hetero) is 1. The van der Waals surface area contributed by atoms with Gasteiger partial charge in [-0.25, -0.2) is 0 Å². The molecule has 1 saturated carbocycles. The average Bonchev–Trinajstić information content (AvgIpc) is 3.31. The van der Waals surface area contributed by atoms with E-state index in [-0.39, 0.29) is 34.9 Å². The second-order valence-electron chi connectivity index (χ2n) is 8.57. The van der Waals surface area contributed by atoms with Crippen LogP contribution < -0.4 is 11.1 Å². The van der Waals surface area contributed by atoms with E-state index in [1.54, 1.807) is 0 Å². The van der Waals surface area contributed by atoms with Crippen molar-refractivity contribution in [3.8, 4) is 0 Å². The smallest absolute Gasteiger partial charge is 0.324 e. The third-order valence-electron chi connectivity index (χ3n) is 5.59. The van der Waals surface area contributed by atoms with Gasteiger partial charge in [-0.2, -0.15) is 13.8 Å². The molecule has 0 spiro atoms. The molecule has 1 atom stereocenters. The summed E-state index contributed by atoms with van der Waals surface area (Å²) in [5, 5.41) is 2.84. The number of ketones is 1. The summed E-state index contributed by atoms with van der Waals surface area (Å²) in [4.78, 5) is 39.7. The van der Waals surface area contributed by atoms with Crippen LogP contribution in [0.2, 0.25) is 0 Å². The van der Waals surface area contributed by atoms with Crippen molar-refractivity contribution >= 4 is 23.4 Å². The molecule has 1 aromatic rings. The summed E-state index contributed by atoms with van der Waals surface area (Å²) in [5.74, 6) is -5.70. The summed E-state index contributed by atoms with van der Waals surface area (Å²) in [5.41, 5.74) is 6.20. The number of carbonyl (C=O) groups is 3. The number of benzene rings is 1. The minimum absolute atomic E-state index is 0.114. The van der Waals surface area contributed by atoms with Gasteiger partial charge >= 0.3 is 11.8 Å². The molecule has 3 N–H and O–H groups in total. The molecule has 0 heterocycles. The molecule has 1 aliphatic carbocycles. The van der Waals surface area contributed by atoms with E-state index in [2.05, 4.69) is 10.3 Å². The van der Waals surface area contributed by atoms with E-state index in [0.29, 0.717) is 38.7 Å². The number of amides is 2. The van der Waals surface area contributed by atoms with Crippen molar-refractivity contribution in [1.82, 2.24) is 5.32 Å². The Hall–Kier alpha value is -2.68. The van der Waals surface area contributed by atoms with Gasteiger partial charge in [0.15, 0.2) is 0 Å². The second-order valence-corrected chi connectivity index (χ2v) is 8.57. The third kappa shape index (κ3) is 8.64. The molecule has 33 heavy (non-hydrogen) atoms. The summed E-state index contributed by atoms with van der Waals surface area (Å²) in [7, 11) is 0. The van der Waals surface area contributed by atoms with Crippen LogP contribution >= 0.6 is 0 Å². The fourth-order valence-corrected chi connectivity index (χ4v) is 3.69. The minimum Gasteiger partial charge on any atom is -0.383 e. The number of amidine groups is 1. The fraction of sp³-hybridized carbons (Fsp3) is 0.583. The highest BCUT2D eigenvalue weighted by atomic mass is 19.3. The molecule has 1 aliphatic rings. The van der Waals surface area contributed by atoms with Gasteiger partial charge in [0, 0.05) is 49.5 Å². The molecule has 0 aliphatic heterocycles. The summed E-state index contributed by atoms with van der Waals surface area (Å²) in [6.45, 7) is 3.74. The summed E-state index contributed by atoms with van der Waals surface area (Å²) in [6, 6.07) is 5.79. The van der Waals surface area contributed by atoms with E-state index in [0.717, 1.165) is 32.1 Å². The van der Waals surface area contributed by atoms with Gasteiger partial charge in [0.2, 0.25) is 0 Å². The lowest BCUT2D eigenvalue weighted by Gasteiger charge is -2.19. The Kier molecular flexibility index (Phi) is 10.1. The van der Waals surface area contributed by atoms with Crippen LogP contribution in [0.4, 0.5) is 8.78 Å². The Labute approximate surface area is 193 Å². The first kappa shape index (κ1) is 26.6. The van der Waals surface area contributed by atoms with E-state index in [1.165, 1.54) is 24.3 Å². The number of alkyl halides is 2. The predicted octanol–water partition coefficient (Wildman–Crippen LogP) is 3.50. The number of rotatable bonds is 12. The van der Waals surface area contributed by atoms with Crippen LogP contribution in [-0.2, 0) is 14.3 Å². The van der Waals surface area contributed by atoms with Crippen LogP contribution in [0.15, 0.2) is 29.3 Å². The maximum Gasteiger partial charge on any atom is 0.324 e. The number of ether oxygens (including phenoxy) is 1. The summed E-state index contributed by atoms with van der Waals surface area (Å²) < 4.78 is 31.6. The van der Waals surface area contributed by atoms with Crippen molar-refractivity contribution in [2.24, 2.45) is 22.6 Å². The van der Waals surface area contributed by atoms with Gasteiger partial charge in [0.25, 0.3) is 5.91 Å². The number of aliphatic imine (C=N–C) groups is 1. The number of nitrogens with zero attached hydrogens (tertiary/aromatic N) is 1. The molecular formula is C24H33F2N3O4. The highest BCUT2D eigenvalue weighted by molar-refractivity contribution is 6.06. The van der Waals surface area contributed by atoms with Crippen LogP contribution in [0.3, 0.4) is 0 Å². The van der Waals surface area contributed by atoms with E-state index in [1.807, 2.05) is 6.92 Å². The average molecular weight is 466 g/mol. The van der Waals surface area contributed by atoms with Crippen molar-refractivity contribution in [3.05, 3.63) is 35.4 Å². The van der Waals surface area contributed by atoms with Crippen LogP contribution in [0.5, 0.6) is 0 Å². The molecule has 0 radical (unpaired) electrons. The highest BCUT2D eigenvalue weighted by Crippen LogP contribution is 2.27. The van der Waals surface area contributed by atoms with Gasteiger partial charge in [-0.15, -0.1) is 0 Å². The molecule has 1 aromatic carbocycles. The van der Waals surface area contributed by atoms with Crippen LogP contribution in [-0.4, -0.2) is 49.1 Å². The van der Waals surface area contributed by atoms with Gasteiger partial charge in [-0.3, -0.25) is 14.4 Å². The number of halogens is 2. The Bertz CT molecular complexity index is 844. The van der Waals surface area contributed by atoms with Gasteiger partial charge in [-0.05, 0) is 31.4 Å². The molecule has 2 amide bonds. The van der Waals surface area contributed by atoms with Crippen molar-refractivity contribution < 1.29 is 27.9 Å². The molecule has 7 nitrogen and oxygen atoms in total. The predicted molar refractivity (Wildman–Crippen MR) is 121 cm³/mol. The number of nitrogens with two attached hydrogens (primary N) is 1. The van der Waals surface area contributed by atoms with E-state index >= 15 is 0 Å². The monoisotopic (exact) mass is 465 g/mol. The van der Waals surface area contributed by atoms with E-state index < -0.39 is 11.8 Å². The molecule has 182 valence electrons. The molecule has 0 saturated heterocycles. The molecule has 2 rings (SSSR count). The molecular weight excluding hydrogens is 432 g/mol. The Morgan fingerprint density at radius 3 is 2.36 bits per heavy atom. The lowest BCUT2D eigenvalue weighted by molar-refractivity contribution is -0.139. The van der Waals surface area contributed by atoms with Crippen molar-refractivity contribution in [3.63, 3.8) is 0 Å². The standard InChI is InChI=1S/C24H33F2N3O4/c1-3-12-33-15-16(13-20(30)17-6-4-5-7-17)14-28-22(31)19-10-8-18(9-11-19)21(27)29-23(32)24(2,25)26/h8-11,16-17H,3-7,12-15H2,1-2H3,(H,28,31)(H2,27,29,32)/t16-/m0/s1. The maximum absolute atomic E-state index is 13.0. The first-order valence-corrected chi connectivity index (χ1v) is 11.4. The summed E-state index contributed by atoms with van der Waals surface area (Å²) in [6.07, 6.45) is 5.30. The zero-order valence-corrected chi connectivity index (χ0v) is 19.2. The number of hydrogen-bond donors (Lipinski definition) is 2. The molecule has 1 fully saturated rings. The van der Waals surface area contributed by atoms with E-state index in [4.69, 9.17) is 10.5 Å². The Morgan fingerprint density at radius 1 is 1.18 bits per heavy atom. The molecule has 0 aromatic heterocycles. The Balaban J connectivity index is 1.95. The third-order valence-corrected chi connectivity index (χ3v) is 5.59. The minimum atomic E-state index is -3.61. The summed E-state index contributed by atoms with van der Waals surface area (Å²) >= 11 is 0. The molecule has 0 unspecified atom stereocenters. The lowest BCUT2D eigenvalue weighted by atomic mass is 9.93. The topological polar surface area (TPSA) is 111 Å². The SMILES string of the molecule is CCCOC[C@H](CNC(=O)c1ccc(C(N)=NC(=O)C(C)(F)F)cc1)CC(=O)C1CCCC1. The maximum atomic E-state index is 13.0. The van der Waals surface area contributed by atoms with Gasteiger partial charge in [-0.1, -0.05) is 31.9 Å². The van der Waals surface area contributed by atoms with Gasteiger partial charge in [0.05, 0.1) is 6.61 Å². The zero-order chi connectivity index (χ0) is 24.4. The second kappa shape index (κ2) is 12.5. The lowest BCUT2D eigenvalue weighted by Crippen LogP contribution is -2.33.